The zero-order valence-electron chi connectivity index (χ0n) is 8.38. The van der Waals surface area contributed by atoms with Gasteiger partial charge in [0.15, 0.2) is 0 Å². The van der Waals surface area contributed by atoms with E-state index in [1.54, 1.807) is 12.5 Å². The first-order valence-corrected chi connectivity index (χ1v) is 5.00. The molecule has 0 bridgehead atoms. The zero-order chi connectivity index (χ0) is 10.3. The van der Waals surface area contributed by atoms with Crippen molar-refractivity contribution in [3.8, 4) is 11.4 Å². The molecular weight excluding hydrogens is 190 g/mol. The molecule has 15 heavy (non-hydrogen) atoms. The Morgan fingerprint density at radius 3 is 3.27 bits per heavy atom. The Balaban J connectivity index is 2.22. The SMILES string of the molecule is CCC1Nc2ncncc2-c2nccn21. The Hall–Kier alpha value is -1.91. The number of imidazole rings is 1. The Morgan fingerprint density at radius 2 is 2.40 bits per heavy atom. The number of fused-ring (bicyclic) bond motifs is 3. The molecule has 1 aliphatic heterocycles. The third-order valence-electron chi connectivity index (χ3n) is 2.65. The van der Waals surface area contributed by atoms with Gasteiger partial charge in [-0.1, -0.05) is 6.92 Å². The van der Waals surface area contributed by atoms with E-state index in [2.05, 4.69) is 31.8 Å². The molecule has 1 aliphatic rings. The van der Waals surface area contributed by atoms with E-state index in [1.807, 2.05) is 12.4 Å². The van der Waals surface area contributed by atoms with Gasteiger partial charge in [0.05, 0.1) is 5.56 Å². The van der Waals surface area contributed by atoms with Gasteiger partial charge < -0.3 is 9.88 Å². The van der Waals surface area contributed by atoms with Gasteiger partial charge in [-0.15, -0.1) is 0 Å². The molecule has 0 saturated carbocycles. The number of hydrogen-bond donors (Lipinski definition) is 1. The molecule has 5 nitrogen and oxygen atoms in total. The highest BCUT2D eigenvalue weighted by Crippen LogP contribution is 2.33. The highest BCUT2D eigenvalue weighted by molar-refractivity contribution is 5.71. The van der Waals surface area contributed by atoms with Gasteiger partial charge in [0.1, 0.15) is 24.1 Å². The number of nitrogens with zero attached hydrogens (tertiary/aromatic N) is 4. The fourth-order valence-electron chi connectivity index (χ4n) is 1.91. The minimum absolute atomic E-state index is 0.241. The van der Waals surface area contributed by atoms with E-state index in [0.717, 1.165) is 23.6 Å². The highest BCUT2D eigenvalue weighted by atomic mass is 15.3. The summed E-state index contributed by atoms with van der Waals surface area (Å²) in [6.45, 7) is 2.13. The fraction of sp³-hybridized carbons (Fsp3) is 0.300. The van der Waals surface area contributed by atoms with Crippen LogP contribution in [0, 0.1) is 0 Å². The normalized spacial score (nSPS) is 17.8. The summed E-state index contributed by atoms with van der Waals surface area (Å²) in [6.07, 6.45) is 8.36. The summed E-state index contributed by atoms with van der Waals surface area (Å²) in [6, 6.07) is 0. The van der Waals surface area contributed by atoms with Crippen molar-refractivity contribution in [2.24, 2.45) is 0 Å². The molecule has 0 saturated heterocycles. The van der Waals surface area contributed by atoms with Crippen LogP contribution in [-0.2, 0) is 0 Å². The Kier molecular flexibility index (Phi) is 1.71. The number of hydrogen-bond acceptors (Lipinski definition) is 4. The van der Waals surface area contributed by atoms with Crippen molar-refractivity contribution in [2.45, 2.75) is 19.5 Å². The molecule has 0 fully saturated rings. The van der Waals surface area contributed by atoms with Crippen LogP contribution in [0.2, 0.25) is 0 Å². The predicted molar refractivity (Wildman–Crippen MR) is 56.2 cm³/mol. The van der Waals surface area contributed by atoms with Crippen LogP contribution in [0.25, 0.3) is 11.4 Å². The minimum Gasteiger partial charge on any atom is -0.349 e. The third kappa shape index (κ3) is 1.12. The van der Waals surface area contributed by atoms with E-state index in [-0.39, 0.29) is 6.17 Å². The van der Waals surface area contributed by atoms with Crippen LogP contribution in [0.4, 0.5) is 5.82 Å². The van der Waals surface area contributed by atoms with Crippen molar-refractivity contribution in [3.05, 3.63) is 24.9 Å². The molecule has 1 unspecified atom stereocenters. The summed E-state index contributed by atoms with van der Waals surface area (Å²) in [5, 5.41) is 3.36. The highest BCUT2D eigenvalue weighted by Gasteiger charge is 2.23. The third-order valence-corrected chi connectivity index (χ3v) is 2.65. The van der Waals surface area contributed by atoms with Crippen molar-refractivity contribution in [2.75, 3.05) is 5.32 Å². The fourth-order valence-corrected chi connectivity index (χ4v) is 1.91. The zero-order valence-corrected chi connectivity index (χ0v) is 8.38. The Bertz CT molecular complexity index is 490. The first-order valence-electron chi connectivity index (χ1n) is 5.00. The molecule has 2 aromatic heterocycles. The van der Waals surface area contributed by atoms with Crippen LogP contribution in [0.15, 0.2) is 24.9 Å². The Labute approximate surface area is 87.2 Å². The van der Waals surface area contributed by atoms with Crippen molar-refractivity contribution >= 4 is 5.82 Å². The monoisotopic (exact) mass is 201 g/mol. The number of aromatic nitrogens is 4. The maximum atomic E-state index is 4.34. The van der Waals surface area contributed by atoms with Crippen LogP contribution in [0.3, 0.4) is 0 Å². The first kappa shape index (κ1) is 8.40. The van der Waals surface area contributed by atoms with E-state index in [4.69, 9.17) is 0 Å². The first-order chi connectivity index (χ1) is 7.40. The second kappa shape index (κ2) is 3.05. The molecule has 0 aliphatic carbocycles. The molecule has 76 valence electrons. The lowest BCUT2D eigenvalue weighted by atomic mass is 10.2. The van der Waals surface area contributed by atoms with Gasteiger partial charge in [0, 0.05) is 18.6 Å². The lowest BCUT2D eigenvalue weighted by molar-refractivity contribution is 0.539. The van der Waals surface area contributed by atoms with Gasteiger partial charge >= 0.3 is 0 Å². The van der Waals surface area contributed by atoms with Gasteiger partial charge in [-0.05, 0) is 6.42 Å². The number of anilines is 1. The van der Waals surface area contributed by atoms with Crippen LogP contribution < -0.4 is 5.32 Å². The lowest BCUT2D eigenvalue weighted by Crippen LogP contribution is -2.23. The van der Waals surface area contributed by atoms with E-state index in [1.165, 1.54) is 0 Å². The molecule has 5 heteroatoms. The molecule has 3 heterocycles. The number of rotatable bonds is 1. The molecule has 0 amide bonds. The van der Waals surface area contributed by atoms with E-state index in [9.17, 15) is 0 Å². The molecule has 0 radical (unpaired) electrons. The van der Waals surface area contributed by atoms with Gasteiger partial charge in [0.2, 0.25) is 0 Å². The molecule has 2 aromatic rings. The van der Waals surface area contributed by atoms with Crippen LogP contribution in [0.5, 0.6) is 0 Å². The van der Waals surface area contributed by atoms with Gasteiger partial charge in [-0.3, -0.25) is 0 Å². The van der Waals surface area contributed by atoms with Gasteiger partial charge in [-0.2, -0.15) is 0 Å². The minimum atomic E-state index is 0.241. The molecule has 0 spiro atoms. The molecule has 1 N–H and O–H groups in total. The summed E-state index contributed by atoms with van der Waals surface area (Å²) in [5.41, 5.74) is 0.965. The second-order valence-electron chi connectivity index (χ2n) is 3.51. The summed E-state index contributed by atoms with van der Waals surface area (Å²) in [4.78, 5) is 12.6. The lowest BCUT2D eigenvalue weighted by Gasteiger charge is -2.27. The summed E-state index contributed by atoms with van der Waals surface area (Å²) in [5.74, 6) is 1.81. The predicted octanol–water partition coefficient (Wildman–Crippen LogP) is 1.67. The van der Waals surface area contributed by atoms with Crippen LogP contribution in [-0.4, -0.2) is 19.5 Å². The standard InChI is InChI=1S/C10H11N5/c1-2-8-14-9-7(5-11-6-13-9)10-12-3-4-15(8)10/h3-6,8H,2H2,1H3,(H,11,13,14). The molecular formula is C10H11N5. The quantitative estimate of drug-likeness (QED) is 0.762. The topological polar surface area (TPSA) is 55.6 Å². The summed E-state index contributed by atoms with van der Waals surface area (Å²) < 4.78 is 2.12. The summed E-state index contributed by atoms with van der Waals surface area (Å²) >= 11 is 0. The number of nitrogens with one attached hydrogen (secondary N) is 1. The maximum Gasteiger partial charge on any atom is 0.146 e. The van der Waals surface area contributed by atoms with E-state index < -0.39 is 0 Å². The van der Waals surface area contributed by atoms with Crippen LogP contribution in [0.1, 0.15) is 19.5 Å². The Morgan fingerprint density at radius 1 is 1.47 bits per heavy atom. The molecule has 1 atom stereocenters. The largest absolute Gasteiger partial charge is 0.349 e. The smallest absolute Gasteiger partial charge is 0.146 e. The van der Waals surface area contributed by atoms with Gasteiger partial charge in [-0.25, -0.2) is 15.0 Å². The maximum absolute atomic E-state index is 4.34. The van der Waals surface area contributed by atoms with Crippen molar-refractivity contribution in [3.63, 3.8) is 0 Å². The second-order valence-corrected chi connectivity index (χ2v) is 3.51. The van der Waals surface area contributed by atoms with Crippen molar-refractivity contribution in [1.82, 2.24) is 19.5 Å². The summed E-state index contributed by atoms with van der Waals surface area (Å²) in [7, 11) is 0. The molecule has 3 rings (SSSR count). The van der Waals surface area contributed by atoms with Crippen molar-refractivity contribution in [1.29, 1.82) is 0 Å². The van der Waals surface area contributed by atoms with E-state index >= 15 is 0 Å². The van der Waals surface area contributed by atoms with E-state index in [0.29, 0.717) is 0 Å². The van der Waals surface area contributed by atoms with Gasteiger partial charge in [0.25, 0.3) is 0 Å². The van der Waals surface area contributed by atoms with Crippen LogP contribution >= 0.6 is 0 Å². The molecule has 0 aromatic carbocycles. The van der Waals surface area contributed by atoms with Crippen molar-refractivity contribution < 1.29 is 0 Å². The average molecular weight is 201 g/mol. The average Bonchev–Trinajstić information content (AvgIpc) is 2.77.